The van der Waals surface area contributed by atoms with Gasteiger partial charge in [0.05, 0.1) is 6.61 Å². The maximum Gasteiger partial charge on any atom is 0.115 e. The van der Waals surface area contributed by atoms with Crippen molar-refractivity contribution >= 4 is 0 Å². The van der Waals surface area contributed by atoms with Crippen molar-refractivity contribution < 1.29 is 5.11 Å². The van der Waals surface area contributed by atoms with E-state index in [9.17, 15) is 0 Å². The lowest BCUT2D eigenvalue weighted by molar-refractivity contribution is 0.282. The number of benzene rings is 1. The van der Waals surface area contributed by atoms with Crippen molar-refractivity contribution in [1.82, 2.24) is 9.97 Å². The molecular weight excluding hydrogens is 176 g/mol. The van der Waals surface area contributed by atoms with E-state index in [0.717, 1.165) is 16.7 Å². The maximum atomic E-state index is 8.87. The molecule has 0 aliphatic heterocycles. The first-order chi connectivity index (χ1) is 6.90. The molecule has 0 saturated carbocycles. The highest BCUT2D eigenvalue weighted by Crippen LogP contribution is 2.17. The molecule has 0 spiro atoms. The first-order valence-corrected chi connectivity index (χ1v) is 4.35. The van der Waals surface area contributed by atoms with Crippen LogP contribution in [0.5, 0.6) is 0 Å². The lowest BCUT2D eigenvalue weighted by Crippen LogP contribution is -1.84. The van der Waals surface area contributed by atoms with Crippen LogP contribution in [0.4, 0.5) is 0 Å². The summed E-state index contributed by atoms with van der Waals surface area (Å²) >= 11 is 0. The Kier molecular flexibility index (Phi) is 2.51. The summed E-state index contributed by atoms with van der Waals surface area (Å²) in [5.74, 6) is 0. The Balaban J connectivity index is 2.34. The highest BCUT2D eigenvalue weighted by Gasteiger charge is 1.97. The van der Waals surface area contributed by atoms with Crippen LogP contribution in [0.2, 0.25) is 0 Å². The Morgan fingerprint density at radius 2 is 1.57 bits per heavy atom. The minimum Gasteiger partial charge on any atom is -0.392 e. The number of hydrogen-bond donors (Lipinski definition) is 1. The third-order valence-corrected chi connectivity index (χ3v) is 2.03. The standard InChI is InChI=1S/C11H10N2O/c14-7-9-1-3-10(4-2-9)11-5-12-8-13-6-11/h1-6,8,14H,7H2. The molecule has 1 N–H and O–H groups in total. The highest BCUT2D eigenvalue weighted by molar-refractivity contribution is 5.61. The van der Waals surface area contributed by atoms with Gasteiger partial charge in [-0.3, -0.25) is 0 Å². The monoisotopic (exact) mass is 186 g/mol. The largest absolute Gasteiger partial charge is 0.392 e. The van der Waals surface area contributed by atoms with Crippen LogP contribution in [0.1, 0.15) is 5.56 Å². The van der Waals surface area contributed by atoms with Crippen molar-refractivity contribution in [1.29, 1.82) is 0 Å². The zero-order valence-corrected chi connectivity index (χ0v) is 7.59. The molecule has 14 heavy (non-hydrogen) atoms. The quantitative estimate of drug-likeness (QED) is 0.775. The number of aliphatic hydroxyl groups is 1. The molecule has 2 rings (SSSR count). The van der Waals surface area contributed by atoms with Crippen molar-refractivity contribution in [2.24, 2.45) is 0 Å². The normalized spacial score (nSPS) is 10.1. The number of rotatable bonds is 2. The van der Waals surface area contributed by atoms with E-state index in [2.05, 4.69) is 9.97 Å². The van der Waals surface area contributed by atoms with Gasteiger partial charge in [-0.1, -0.05) is 24.3 Å². The van der Waals surface area contributed by atoms with Gasteiger partial charge in [0.1, 0.15) is 6.33 Å². The van der Waals surface area contributed by atoms with Gasteiger partial charge in [0, 0.05) is 18.0 Å². The molecular formula is C11H10N2O. The lowest BCUT2D eigenvalue weighted by Gasteiger charge is -2.00. The Labute approximate surface area is 82.1 Å². The van der Waals surface area contributed by atoms with E-state index in [1.807, 2.05) is 24.3 Å². The van der Waals surface area contributed by atoms with Crippen LogP contribution in [0, 0.1) is 0 Å². The molecule has 0 atom stereocenters. The van der Waals surface area contributed by atoms with Gasteiger partial charge in [-0.15, -0.1) is 0 Å². The molecule has 70 valence electrons. The van der Waals surface area contributed by atoms with Crippen LogP contribution in [0.3, 0.4) is 0 Å². The third kappa shape index (κ3) is 1.78. The Morgan fingerprint density at radius 3 is 2.14 bits per heavy atom. The Hall–Kier alpha value is -1.74. The zero-order chi connectivity index (χ0) is 9.80. The first-order valence-electron chi connectivity index (χ1n) is 4.35. The van der Waals surface area contributed by atoms with E-state index in [1.165, 1.54) is 6.33 Å². The molecule has 1 aromatic carbocycles. The van der Waals surface area contributed by atoms with Gasteiger partial charge >= 0.3 is 0 Å². The Bertz CT molecular complexity index is 397. The van der Waals surface area contributed by atoms with Gasteiger partial charge in [0.2, 0.25) is 0 Å². The van der Waals surface area contributed by atoms with Crippen LogP contribution in [0.25, 0.3) is 11.1 Å². The second kappa shape index (κ2) is 3.98. The van der Waals surface area contributed by atoms with Gasteiger partial charge in [-0.05, 0) is 11.1 Å². The van der Waals surface area contributed by atoms with E-state index < -0.39 is 0 Å². The average Bonchev–Trinajstić information content (AvgIpc) is 2.30. The molecule has 0 radical (unpaired) electrons. The van der Waals surface area contributed by atoms with Crippen LogP contribution >= 0.6 is 0 Å². The topological polar surface area (TPSA) is 46.0 Å². The second-order valence-electron chi connectivity index (χ2n) is 2.98. The van der Waals surface area contributed by atoms with E-state index in [1.54, 1.807) is 12.4 Å². The fraction of sp³-hybridized carbons (Fsp3) is 0.0909. The van der Waals surface area contributed by atoms with Crippen LogP contribution in [-0.4, -0.2) is 15.1 Å². The molecule has 1 heterocycles. The minimum absolute atomic E-state index is 0.0750. The molecule has 0 bridgehead atoms. The Morgan fingerprint density at radius 1 is 0.929 bits per heavy atom. The summed E-state index contributed by atoms with van der Waals surface area (Å²) in [5.41, 5.74) is 2.95. The first kappa shape index (κ1) is 8.84. The smallest absolute Gasteiger partial charge is 0.115 e. The summed E-state index contributed by atoms with van der Waals surface area (Å²) in [4.78, 5) is 7.89. The second-order valence-corrected chi connectivity index (χ2v) is 2.98. The number of aromatic nitrogens is 2. The summed E-state index contributed by atoms with van der Waals surface area (Å²) in [6, 6.07) is 7.68. The molecule has 2 aromatic rings. The number of aliphatic hydroxyl groups excluding tert-OH is 1. The van der Waals surface area contributed by atoms with Crippen molar-refractivity contribution in [3.8, 4) is 11.1 Å². The molecule has 3 nitrogen and oxygen atoms in total. The summed E-state index contributed by atoms with van der Waals surface area (Å²) in [7, 11) is 0. The van der Waals surface area contributed by atoms with E-state index >= 15 is 0 Å². The van der Waals surface area contributed by atoms with Gasteiger partial charge in [0.25, 0.3) is 0 Å². The number of hydrogen-bond acceptors (Lipinski definition) is 3. The summed E-state index contributed by atoms with van der Waals surface area (Å²) in [5, 5.41) is 8.87. The van der Waals surface area contributed by atoms with Crippen molar-refractivity contribution in [3.05, 3.63) is 48.5 Å². The molecule has 0 fully saturated rings. The predicted octanol–water partition coefficient (Wildman–Crippen LogP) is 1.64. The van der Waals surface area contributed by atoms with E-state index in [0.29, 0.717) is 0 Å². The molecule has 1 aromatic heterocycles. The SMILES string of the molecule is OCc1ccc(-c2cncnc2)cc1. The fourth-order valence-electron chi connectivity index (χ4n) is 1.25. The molecule has 3 heteroatoms. The fourth-order valence-corrected chi connectivity index (χ4v) is 1.25. The predicted molar refractivity (Wildman–Crippen MR) is 53.4 cm³/mol. The molecule has 0 aliphatic carbocycles. The summed E-state index contributed by atoms with van der Waals surface area (Å²) < 4.78 is 0. The highest BCUT2D eigenvalue weighted by atomic mass is 16.3. The molecule has 0 unspecified atom stereocenters. The molecule has 0 aliphatic rings. The van der Waals surface area contributed by atoms with Crippen LogP contribution < -0.4 is 0 Å². The van der Waals surface area contributed by atoms with Crippen LogP contribution in [-0.2, 0) is 6.61 Å². The zero-order valence-electron chi connectivity index (χ0n) is 7.59. The third-order valence-electron chi connectivity index (χ3n) is 2.03. The minimum atomic E-state index is 0.0750. The van der Waals surface area contributed by atoms with Crippen LogP contribution in [0.15, 0.2) is 43.0 Å². The summed E-state index contributed by atoms with van der Waals surface area (Å²) in [6.45, 7) is 0.0750. The van der Waals surface area contributed by atoms with E-state index in [-0.39, 0.29) is 6.61 Å². The molecule has 0 saturated heterocycles. The van der Waals surface area contributed by atoms with Gasteiger partial charge in [-0.25, -0.2) is 9.97 Å². The maximum absolute atomic E-state index is 8.87. The van der Waals surface area contributed by atoms with Gasteiger partial charge in [0.15, 0.2) is 0 Å². The van der Waals surface area contributed by atoms with Gasteiger partial charge < -0.3 is 5.11 Å². The molecule has 0 amide bonds. The number of nitrogens with zero attached hydrogens (tertiary/aromatic N) is 2. The van der Waals surface area contributed by atoms with Crippen molar-refractivity contribution in [2.75, 3.05) is 0 Å². The van der Waals surface area contributed by atoms with E-state index in [4.69, 9.17) is 5.11 Å². The summed E-state index contributed by atoms with van der Waals surface area (Å²) in [6.07, 6.45) is 5.04. The lowest BCUT2D eigenvalue weighted by atomic mass is 10.1. The van der Waals surface area contributed by atoms with Crippen molar-refractivity contribution in [3.63, 3.8) is 0 Å². The average molecular weight is 186 g/mol. The van der Waals surface area contributed by atoms with Gasteiger partial charge in [-0.2, -0.15) is 0 Å². The van der Waals surface area contributed by atoms with Crippen molar-refractivity contribution in [2.45, 2.75) is 6.61 Å².